The number of carbonyl (C=O) groups is 1. The van der Waals surface area contributed by atoms with E-state index in [4.69, 9.17) is 4.74 Å². The molecule has 5 nitrogen and oxygen atoms in total. The summed E-state index contributed by atoms with van der Waals surface area (Å²) < 4.78 is 6.90. The maximum absolute atomic E-state index is 12.2. The number of hydrogen-bond acceptors (Lipinski definition) is 4. The highest BCUT2D eigenvalue weighted by Crippen LogP contribution is 2.14. The number of hydrogen-bond donors (Lipinski definition) is 0. The van der Waals surface area contributed by atoms with Crippen molar-refractivity contribution in [1.29, 1.82) is 0 Å². The largest absolute Gasteiger partial charge is 0.462 e. The molecule has 0 N–H and O–H groups in total. The molecule has 2 aromatic rings. The number of fused-ring (bicyclic) bond motifs is 1. The Morgan fingerprint density at radius 3 is 2.94 bits per heavy atom. The third kappa shape index (κ3) is 2.15. The van der Waals surface area contributed by atoms with E-state index < -0.39 is 11.5 Å². The molecule has 0 fully saturated rings. The van der Waals surface area contributed by atoms with Crippen LogP contribution in [0.5, 0.6) is 0 Å². The molecule has 6 heteroatoms. The third-order valence-electron chi connectivity index (χ3n) is 2.45. The van der Waals surface area contributed by atoms with Gasteiger partial charge in [-0.2, -0.15) is 0 Å². The summed E-state index contributed by atoms with van der Waals surface area (Å²) in [5, 5.41) is 0. The fraction of sp³-hybridized carbons (Fsp3) is 0.250. The van der Waals surface area contributed by atoms with Crippen LogP contribution in [0, 0.1) is 6.92 Å². The van der Waals surface area contributed by atoms with Crippen LogP contribution in [0.25, 0.3) is 5.65 Å². The molecule has 0 spiro atoms. The Balaban J connectivity index is 2.71. The number of nitrogens with zero attached hydrogens (tertiary/aromatic N) is 2. The van der Waals surface area contributed by atoms with Gasteiger partial charge in [0.05, 0.1) is 6.61 Å². The number of esters is 1. The Kier molecular flexibility index (Phi) is 3.47. The molecule has 0 atom stereocenters. The predicted octanol–water partition coefficient (Wildman–Crippen LogP) is 1.94. The Labute approximate surface area is 112 Å². The van der Waals surface area contributed by atoms with Crippen LogP contribution in [0.4, 0.5) is 0 Å². The second-order valence-electron chi connectivity index (χ2n) is 3.73. The maximum Gasteiger partial charge on any atom is 0.345 e. The van der Waals surface area contributed by atoms with E-state index in [-0.39, 0.29) is 12.2 Å². The zero-order chi connectivity index (χ0) is 13.3. The van der Waals surface area contributed by atoms with E-state index in [0.29, 0.717) is 5.65 Å². The summed E-state index contributed by atoms with van der Waals surface area (Å²) in [6.07, 6.45) is 2.84. The first kappa shape index (κ1) is 12.8. The number of aromatic nitrogens is 2. The first-order valence-electron chi connectivity index (χ1n) is 5.39. The van der Waals surface area contributed by atoms with Gasteiger partial charge in [0, 0.05) is 16.9 Å². The molecule has 0 aliphatic rings. The Hall–Kier alpha value is -1.69. The Morgan fingerprint density at radius 2 is 2.28 bits per heavy atom. The van der Waals surface area contributed by atoms with Gasteiger partial charge in [-0.1, -0.05) is 0 Å². The molecular formula is C12H11BrN2O3. The molecule has 0 aromatic carbocycles. The first-order chi connectivity index (χ1) is 8.54. The topological polar surface area (TPSA) is 60.7 Å². The zero-order valence-electron chi connectivity index (χ0n) is 9.94. The molecule has 0 radical (unpaired) electrons. The molecule has 94 valence electrons. The molecule has 0 bridgehead atoms. The van der Waals surface area contributed by atoms with Crippen molar-refractivity contribution in [2.45, 2.75) is 13.8 Å². The fourth-order valence-electron chi connectivity index (χ4n) is 1.66. The molecule has 2 aromatic heterocycles. The molecule has 0 amide bonds. The molecule has 0 unspecified atom stereocenters. The summed E-state index contributed by atoms with van der Waals surface area (Å²) in [5.74, 6) is -0.651. The van der Waals surface area contributed by atoms with Crippen molar-refractivity contribution in [3.63, 3.8) is 0 Å². The van der Waals surface area contributed by atoms with Crippen molar-refractivity contribution >= 4 is 27.5 Å². The lowest BCUT2D eigenvalue weighted by molar-refractivity contribution is 0.0523. The van der Waals surface area contributed by atoms with E-state index >= 15 is 0 Å². The monoisotopic (exact) mass is 310 g/mol. The molecule has 0 aliphatic heterocycles. The van der Waals surface area contributed by atoms with Crippen molar-refractivity contribution in [1.82, 2.24) is 9.38 Å². The van der Waals surface area contributed by atoms with Gasteiger partial charge in [0.25, 0.3) is 5.56 Å². The quantitative estimate of drug-likeness (QED) is 0.795. The lowest BCUT2D eigenvalue weighted by atomic mass is 10.2. The average molecular weight is 311 g/mol. The lowest BCUT2D eigenvalue weighted by Crippen LogP contribution is -2.24. The van der Waals surface area contributed by atoms with Crippen LogP contribution in [-0.4, -0.2) is 22.0 Å². The molecule has 0 saturated heterocycles. The van der Waals surface area contributed by atoms with Crippen LogP contribution in [0.2, 0.25) is 0 Å². The molecule has 2 rings (SSSR count). The van der Waals surface area contributed by atoms with E-state index in [2.05, 4.69) is 20.9 Å². The molecule has 0 aliphatic carbocycles. The van der Waals surface area contributed by atoms with Gasteiger partial charge in [0.15, 0.2) is 0 Å². The first-order valence-corrected chi connectivity index (χ1v) is 6.18. The van der Waals surface area contributed by atoms with Crippen LogP contribution in [0.15, 0.2) is 27.7 Å². The summed E-state index contributed by atoms with van der Waals surface area (Å²) in [6.45, 7) is 3.75. The predicted molar refractivity (Wildman–Crippen MR) is 69.9 cm³/mol. The van der Waals surface area contributed by atoms with Crippen LogP contribution < -0.4 is 5.56 Å². The summed E-state index contributed by atoms with van der Waals surface area (Å²) in [6, 6.07) is 1.85. The number of carbonyl (C=O) groups excluding carboxylic acids is 1. The molecule has 0 saturated carbocycles. The minimum atomic E-state index is -0.651. The van der Waals surface area contributed by atoms with Crippen LogP contribution >= 0.6 is 15.9 Å². The van der Waals surface area contributed by atoms with Gasteiger partial charge in [-0.25, -0.2) is 9.78 Å². The molecule has 2 heterocycles. The van der Waals surface area contributed by atoms with Crippen molar-refractivity contribution in [3.8, 4) is 0 Å². The van der Waals surface area contributed by atoms with E-state index in [1.807, 2.05) is 13.0 Å². The van der Waals surface area contributed by atoms with E-state index in [9.17, 15) is 9.59 Å². The van der Waals surface area contributed by atoms with Crippen LogP contribution in [0.3, 0.4) is 0 Å². The van der Waals surface area contributed by atoms with E-state index in [0.717, 1.165) is 10.0 Å². The Morgan fingerprint density at radius 1 is 1.56 bits per heavy atom. The second kappa shape index (κ2) is 4.89. The van der Waals surface area contributed by atoms with Gasteiger partial charge in [0.2, 0.25) is 0 Å². The minimum absolute atomic E-state index is 0.0631. The van der Waals surface area contributed by atoms with Gasteiger partial charge >= 0.3 is 5.97 Å². The normalized spacial score (nSPS) is 10.6. The third-order valence-corrected chi connectivity index (χ3v) is 2.88. The highest BCUT2D eigenvalue weighted by molar-refractivity contribution is 9.10. The second-order valence-corrected chi connectivity index (χ2v) is 4.65. The van der Waals surface area contributed by atoms with Gasteiger partial charge in [-0.15, -0.1) is 0 Å². The van der Waals surface area contributed by atoms with Gasteiger partial charge in [0.1, 0.15) is 11.2 Å². The fourth-order valence-corrected chi connectivity index (χ4v) is 2.21. The van der Waals surface area contributed by atoms with Crippen LogP contribution in [-0.2, 0) is 4.74 Å². The minimum Gasteiger partial charge on any atom is -0.462 e. The van der Waals surface area contributed by atoms with Crippen molar-refractivity contribution in [3.05, 3.63) is 44.4 Å². The smallest absolute Gasteiger partial charge is 0.345 e. The molecular weight excluding hydrogens is 300 g/mol. The van der Waals surface area contributed by atoms with Gasteiger partial charge in [-0.05, 0) is 41.4 Å². The Bertz CT molecular complexity index is 679. The summed E-state index contributed by atoms with van der Waals surface area (Å²) >= 11 is 3.31. The number of rotatable bonds is 2. The summed E-state index contributed by atoms with van der Waals surface area (Å²) in [5.41, 5.74) is 0.878. The van der Waals surface area contributed by atoms with Crippen LogP contribution in [0.1, 0.15) is 22.8 Å². The van der Waals surface area contributed by atoms with Gasteiger partial charge < -0.3 is 4.74 Å². The summed E-state index contributed by atoms with van der Waals surface area (Å²) in [4.78, 5) is 27.9. The van der Waals surface area contributed by atoms with Crippen molar-refractivity contribution < 1.29 is 9.53 Å². The lowest BCUT2D eigenvalue weighted by Gasteiger charge is -2.06. The molecule has 18 heavy (non-hydrogen) atoms. The van der Waals surface area contributed by atoms with E-state index in [1.165, 1.54) is 10.6 Å². The number of ether oxygens (including phenoxy) is 1. The number of halogens is 1. The summed E-state index contributed by atoms with van der Waals surface area (Å²) in [7, 11) is 0. The highest BCUT2D eigenvalue weighted by atomic mass is 79.9. The standard InChI is InChI=1S/C12H11BrN2O3/c1-3-18-12(17)9-5-14-10-7(2)4-8(13)6-15(10)11(9)16/h4-6H,3H2,1-2H3. The highest BCUT2D eigenvalue weighted by Gasteiger charge is 2.15. The SMILES string of the molecule is CCOC(=O)c1cnc2c(C)cc(Br)cn2c1=O. The van der Waals surface area contributed by atoms with E-state index in [1.54, 1.807) is 13.1 Å². The zero-order valence-corrected chi connectivity index (χ0v) is 11.5. The number of aryl methyl sites for hydroxylation is 1. The van der Waals surface area contributed by atoms with Crippen molar-refractivity contribution in [2.24, 2.45) is 0 Å². The van der Waals surface area contributed by atoms with Gasteiger partial charge in [-0.3, -0.25) is 9.20 Å². The number of pyridine rings is 1. The average Bonchev–Trinajstić information content (AvgIpc) is 2.30. The maximum atomic E-state index is 12.2. The van der Waals surface area contributed by atoms with Crippen molar-refractivity contribution in [2.75, 3.05) is 6.61 Å².